The fraction of sp³-hybridized carbons (Fsp3) is 0. The van der Waals surface area contributed by atoms with Crippen LogP contribution in [-0.2, 0) is 0 Å². The number of aliphatic imine (C=N–C) groups is 1. The molecule has 0 radical (unpaired) electrons. The van der Waals surface area contributed by atoms with Crippen LogP contribution in [0.25, 0.3) is 0 Å². The van der Waals surface area contributed by atoms with E-state index < -0.39 is 0 Å². The first-order chi connectivity index (χ1) is 5.36. The number of anilines is 1. The van der Waals surface area contributed by atoms with Gasteiger partial charge < -0.3 is 5.32 Å². The molecule has 0 bridgehead atoms. The summed E-state index contributed by atoms with van der Waals surface area (Å²) in [6.07, 6.45) is 1.72. The molecule has 11 heavy (non-hydrogen) atoms. The molecule has 0 saturated carbocycles. The topological polar surface area (TPSA) is 24.4 Å². The molecule has 2 rings (SSSR count). The van der Waals surface area contributed by atoms with Crippen LogP contribution in [0.4, 0.5) is 11.4 Å². The monoisotopic (exact) mass is 144 g/mol. The third-order valence-corrected chi connectivity index (χ3v) is 1.56. The van der Waals surface area contributed by atoms with E-state index in [0.29, 0.717) is 0 Å². The second kappa shape index (κ2) is 2.23. The SMILES string of the molecule is C=C1C=Nc2ccccc2N1. The van der Waals surface area contributed by atoms with E-state index in [-0.39, 0.29) is 0 Å². The van der Waals surface area contributed by atoms with Gasteiger partial charge in [-0.2, -0.15) is 0 Å². The van der Waals surface area contributed by atoms with Crippen LogP contribution in [0.15, 0.2) is 41.5 Å². The summed E-state index contributed by atoms with van der Waals surface area (Å²) in [4.78, 5) is 4.19. The van der Waals surface area contributed by atoms with Gasteiger partial charge in [-0.1, -0.05) is 18.7 Å². The van der Waals surface area contributed by atoms with E-state index in [1.165, 1.54) is 0 Å². The summed E-state index contributed by atoms with van der Waals surface area (Å²) in [7, 11) is 0. The Morgan fingerprint density at radius 2 is 2.09 bits per heavy atom. The van der Waals surface area contributed by atoms with Crippen molar-refractivity contribution in [2.75, 3.05) is 5.32 Å². The van der Waals surface area contributed by atoms with Crippen molar-refractivity contribution >= 4 is 17.6 Å². The van der Waals surface area contributed by atoms with Gasteiger partial charge in [-0.3, -0.25) is 4.99 Å². The fourth-order valence-electron chi connectivity index (χ4n) is 1.04. The Bertz CT molecular complexity index is 326. The zero-order valence-corrected chi connectivity index (χ0v) is 6.04. The minimum absolute atomic E-state index is 0.837. The van der Waals surface area contributed by atoms with Crippen molar-refractivity contribution in [3.63, 3.8) is 0 Å². The summed E-state index contributed by atoms with van der Waals surface area (Å²) in [6.45, 7) is 3.75. The summed E-state index contributed by atoms with van der Waals surface area (Å²) < 4.78 is 0. The molecule has 0 unspecified atom stereocenters. The van der Waals surface area contributed by atoms with Crippen LogP contribution in [0.2, 0.25) is 0 Å². The lowest BCUT2D eigenvalue weighted by Gasteiger charge is -2.12. The summed E-state index contributed by atoms with van der Waals surface area (Å²) in [5.74, 6) is 0. The van der Waals surface area contributed by atoms with Gasteiger partial charge in [0.1, 0.15) is 0 Å². The van der Waals surface area contributed by atoms with E-state index in [0.717, 1.165) is 17.1 Å². The second-order valence-electron chi connectivity index (χ2n) is 2.43. The molecule has 2 nitrogen and oxygen atoms in total. The molecule has 1 heterocycles. The molecule has 0 aliphatic carbocycles. The molecule has 0 amide bonds. The third-order valence-electron chi connectivity index (χ3n) is 1.56. The highest BCUT2D eigenvalue weighted by Crippen LogP contribution is 2.27. The number of allylic oxidation sites excluding steroid dienone is 1. The predicted octanol–water partition coefficient (Wildman–Crippen LogP) is 2.33. The van der Waals surface area contributed by atoms with Gasteiger partial charge >= 0.3 is 0 Å². The van der Waals surface area contributed by atoms with Gasteiger partial charge in [-0.25, -0.2) is 0 Å². The minimum atomic E-state index is 0.837. The number of para-hydroxylation sites is 2. The Morgan fingerprint density at radius 3 is 3.00 bits per heavy atom. The van der Waals surface area contributed by atoms with E-state index in [1.54, 1.807) is 6.21 Å². The molecule has 0 saturated heterocycles. The molecule has 0 atom stereocenters. The van der Waals surface area contributed by atoms with Crippen molar-refractivity contribution in [1.82, 2.24) is 0 Å². The molecular formula is C9H8N2. The number of benzene rings is 1. The lowest BCUT2D eigenvalue weighted by atomic mass is 10.2. The van der Waals surface area contributed by atoms with Crippen LogP contribution >= 0.6 is 0 Å². The Labute approximate surface area is 65.3 Å². The van der Waals surface area contributed by atoms with E-state index in [4.69, 9.17) is 0 Å². The molecule has 54 valence electrons. The highest BCUT2D eigenvalue weighted by molar-refractivity contribution is 5.91. The summed E-state index contributed by atoms with van der Waals surface area (Å²) >= 11 is 0. The zero-order chi connectivity index (χ0) is 7.68. The largest absolute Gasteiger partial charge is 0.353 e. The molecule has 1 aromatic carbocycles. The first-order valence-electron chi connectivity index (χ1n) is 3.45. The first kappa shape index (κ1) is 6.16. The van der Waals surface area contributed by atoms with Gasteiger partial charge in [0.2, 0.25) is 0 Å². The Morgan fingerprint density at radius 1 is 1.27 bits per heavy atom. The number of nitrogens with zero attached hydrogens (tertiary/aromatic N) is 1. The molecule has 0 fully saturated rings. The fourth-order valence-corrected chi connectivity index (χ4v) is 1.04. The number of fused-ring (bicyclic) bond motifs is 1. The molecule has 2 heteroatoms. The minimum Gasteiger partial charge on any atom is -0.353 e. The van der Waals surface area contributed by atoms with Crippen molar-refractivity contribution in [3.8, 4) is 0 Å². The van der Waals surface area contributed by atoms with Crippen LogP contribution in [-0.4, -0.2) is 6.21 Å². The normalized spacial score (nSPS) is 14.0. The van der Waals surface area contributed by atoms with Crippen molar-refractivity contribution in [1.29, 1.82) is 0 Å². The van der Waals surface area contributed by atoms with Crippen molar-refractivity contribution in [2.24, 2.45) is 4.99 Å². The van der Waals surface area contributed by atoms with Crippen LogP contribution in [0, 0.1) is 0 Å². The molecule has 1 aliphatic rings. The Hall–Kier alpha value is -1.57. The summed E-state index contributed by atoms with van der Waals surface area (Å²) in [5, 5.41) is 3.12. The number of hydrogen-bond acceptors (Lipinski definition) is 2. The van der Waals surface area contributed by atoms with E-state index in [9.17, 15) is 0 Å². The van der Waals surface area contributed by atoms with Gasteiger partial charge in [0.15, 0.2) is 0 Å². The number of rotatable bonds is 0. The van der Waals surface area contributed by atoms with E-state index >= 15 is 0 Å². The van der Waals surface area contributed by atoms with Crippen molar-refractivity contribution < 1.29 is 0 Å². The van der Waals surface area contributed by atoms with Gasteiger partial charge in [0.05, 0.1) is 17.6 Å². The van der Waals surface area contributed by atoms with Crippen molar-refractivity contribution in [3.05, 3.63) is 36.5 Å². The molecule has 0 spiro atoms. The highest BCUT2D eigenvalue weighted by Gasteiger charge is 2.03. The quantitative estimate of drug-likeness (QED) is 0.593. The van der Waals surface area contributed by atoms with Crippen LogP contribution in [0.3, 0.4) is 0 Å². The van der Waals surface area contributed by atoms with Crippen LogP contribution in [0.1, 0.15) is 0 Å². The first-order valence-corrected chi connectivity index (χ1v) is 3.45. The van der Waals surface area contributed by atoms with Crippen LogP contribution in [0.5, 0.6) is 0 Å². The van der Waals surface area contributed by atoms with Crippen LogP contribution < -0.4 is 5.32 Å². The Kier molecular flexibility index (Phi) is 1.25. The van der Waals surface area contributed by atoms with E-state index in [1.807, 2.05) is 24.3 Å². The zero-order valence-electron chi connectivity index (χ0n) is 6.04. The third kappa shape index (κ3) is 1.03. The average Bonchev–Trinajstić information content (AvgIpc) is 2.04. The van der Waals surface area contributed by atoms with Gasteiger partial charge in [0.25, 0.3) is 0 Å². The van der Waals surface area contributed by atoms with Gasteiger partial charge in [0, 0.05) is 5.70 Å². The summed E-state index contributed by atoms with van der Waals surface area (Å²) in [5.41, 5.74) is 2.84. The number of hydrogen-bond donors (Lipinski definition) is 1. The lowest BCUT2D eigenvalue weighted by molar-refractivity contribution is 1.43. The smallest absolute Gasteiger partial charge is 0.0865 e. The van der Waals surface area contributed by atoms with Gasteiger partial charge in [-0.15, -0.1) is 0 Å². The Balaban J connectivity index is 2.54. The lowest BCUT2D eigenvalue weighted by Crippen LogP contribution is -2.02. The van der Waals surface area contributed by atoms with Crippen molar-refractivity contribution in [2.45, 2.75) is 0 Å². The molecule has 0 aromatic heterocycles. The second-order valence-corrected chi connectivity index (χ2v) is 2.43. The molecular weight excluding hydrogens is 136 g/mol. The molecule has 1 aromatic rings. The standard InChI is InChI=1S/C9H8N2/c1-7-6-10-8-4-2-3-5-9(8)11-7/h2-6,11H,1H2. The predicted molar refractivity (Wildman–Crippen MR) is 47.4 cm³/mol. The highest BCUT2D eigenvalue weighted by atomic mass is 15.0. The van der Waals surface area contributed by atoms with Gasteiger partial charge in [-0.05, 0) is 12.1 Å². The molecule has 1 aliphatic heterocycles. The average molecular weight is 144 g/mol. The summed E-state index contributed by atoms with van der Waals surface area (Å²) in [6, 6.07) is 7.88. The van der Waals surface area contributed by atoms with E-state index in [2.05, 4.69) is 16.9 Å². The number of nitrogens with one attached hydrogen (secondary N) is 1. The molecule has 1 N–H and O–H groups in total. The maximum Gasteiger partial charge on any atom is 0.0865 e. The maximum absolute atomic E-state index is 4.19. The maximum atomic E-state index is 4.19.